The van der Waals surface area contributed by atoms with E-state index in [4.69, 9.17) is 0 Å². The van der Waals surface area contributed by atoms with Crippen molar-refractivity contribution in [3.63, 3.8) is 0 Å². The fraction of sp³-hybridized carbons (Fsp3) is 0.387. The van der Waals surface area contributed by atoms with Crippen LogP contribution in [0.5, 0.6) is 0 Å². The van der Waals surface area contributed by atoms with Crippen LogP contribution < -0.4 is 5.32 Å². The standard InChI is InChI=1S/C31H33F6N3O/c1-22(24-8-4-2-5-9-24)21-39-12-14-40(15-13-39)28(25-10-6-3-7-11-25)20-38-29(41)18-23-16-26(30(32,33)34)19-27(17-23)31(35,36)37/h2-11,16-17,19,22,28H,12-15,18,20-21H2,1H3,(H,38,41). The Balaban J connectivity index is 1.40. The third-order valence-electron chi connectivity index (χ3n) is 7.44. The average molecular weight is 578 g/mol. The number of alkyl halides is 6. The number of carbonyl (C=O) groups excluding carboxylic acids is 1. The summed E-state index contributed by atoms with van der Waals surface area (Å²) >= 11 is 0. The number of rotatable bonds is 9. The first kappa shape index (κ1) is 30.6. The highest BCUT2D eigenvalue weighted by Gasteiger charge is 2.37. The zero-order valence-electron chi connectivity index (χ0n) is 22.7. The fourth-order valence-electron chi connectivity index (χ4n) is 5.24. The summed E-state index contributed by atoms with van der Waals surface area (Å²) in [4.78, 5) is 17.4. The number of piperazine rings is 1. The fourth-order valence-corrected chi connectivity index (χ4v) is 5.24. The van der Waals surface area contributed by atoms with Crippen LogP contribution in [-0.4, -0.2) is 55.0 Å². The lowest BCUT2D eigenvalue weighted by molar-refractivity contribution is -0.143. The maximum absolute atomic E-state index is 13.2. The number of halogens is 6. The van der Waals surface area contributed by atoms with Crippen molar-refractivity contribution >= 4 is 5.91 Å². The van der Waals surface area contributed by atoms with E-state index < -0.39 is 35.8 Å². The van der Waals surface area contributed by atoms with Crippen molar-refractivity contribution in [1.29, 1.82) is 0 Å². The molecular weight excluding hydrogens is 544 g/mol. The molecule has 1 aliphatic rings. The van der Waals surface area contributed by atoms with Gasteiger partial charge in [0.05, 0.1) is 23.6 Å². The summed E-state index contributed by atoms with van der Waals surface area (Å²) in [5, 5.41) is 2.75. The Hall–Kier alpha value is -3.37. The van der Waals surface area contributed by atoms with E-state index in [2.05, 4.69) is 34.2 Å². The van der Waals surface area contributed by atoms with E-state index in [1.165, 1.54) is 5.56 Å². The smallest absolute Gasteiger partial charge is 0.354 e. The molecule has 1 aliphatic heterocycles. The molecule has 10 heteroatoms. The number of nitrogens with one attached hydrogen (secondary N) is 1. The number of amides is 1. The SMILES string of the molecule is CC(CN1CCN(C(CNC(=O)Cc2cc(C(F)(F)F)cc(C(F)(F)F)c2)c2ccccc2)CC1)c1ccccc1. The Labute approximate surface area is 236 Å². The Morgan fingerprint density at radius 3 is 1.80 bits per heavy atom. The van der Waals surface area contributed by atoms with Crippen molar-refractivity contribution in [3.05, 3.63) is 107 Å². The van der Waals surface area contributed by atoms with Crippen LogP contribution in [0.4, 0.5) is 26.3 Å². The highest BCUT2D eigenvalue weighted by Crippen LogP contribution is 2.36. The minimum absolute atomic E-state index is 0.0626. The van der Waals surface area contributed by atoms with E-state index in [1.54, 1.807) is 0 Å². The minimum atomic E-state index is -4.97. The molecule has 0 saturated carbocycles. The number of nitrogens with zero attached hydrogens (tertiary/aromatic N) is 2. The molecule has 41 heavy (non-hydrogen) atoms. The predicted octanol–water partition coefficient (Wildman–Crippen LogP) is 6.55. The molecule has 4 nitrogen and oxygen atoms in total. The van der Waals surface area contributed by atoms with Crippen molar-refractivity contribution in [1.82, 2.24) is 15.1 Å². The Morgan fingerprint density at radius 2 is 1.29 bits per heavy atom. The van der Waals surface area contributed by atoms with E-state index in [0.29, 0.717) is 18.1 Å². The van der Waals surface area contributed by atoms with Crippen LogP contribution in [0, 0.1) is 0 Å². The molecule has 0 radical (unpaired) electrons. The van der Waals surface area contributed by atoms with Crippen molar-refractivity contribution in [3.8, 4) is 0 Å². The normalized spacial score (nSPS) is 16.8. The molecule has 0 spiro atoms. The van der Waals surface area contributed by atoms with Crippen LogP contribution in [0.2, 0.25) is 0 Å². The molecule has 2 unspecified atom stereocenters. The van der Waals surface area contributed by atoms with Gasteiger partial charge in [0.25, 0.3) is 0 Å². The van der Waals surface area contributed by atoms with Gasteiger partial charge < -0.3 is 10.2 Å². The Bertz CT molecular complexity index is 1240. The third-order valence-corrected chi connectivity index (χ3v) is 7.44. The van der Waals surface area contributed by atoms with Gasteiger partial charge in [-0.25, -0.2) is 0 Å². The van der Waals surface area contributed by atoms with Gasteiger partial charge in [0.1, 0.15) is 0 Å². The average Bonchev–Trinajstić information content (AvgIpc) is 2.94. The van der Waals surface area contributed by atoms with Crippen molar-refractivity contribution < 1.29 is 31.1 Å². The molecule has 1 saturated heterocycles. The number of carbonyl (C=O) groups is 1. The van der Waals surface area contributed by atoms with E-state index in [0.717, 1.165) is 38.3 Å². The first-order chi connectivity index (χ1) is 19.4. The summed E-state index contributed by atoms with van der Waals surface area (Å²) in [7, 11) is 0. The predicted molar refractivity (Wildman–Crippen MR) is 145 cm³/mol. The Kier molecular flexibility index (Phi) is 9.76. The molecule has 0 aliphatic carbocycles. The number of benzene rings is 3. The van der Waals surface area contributed by atoms with Crippen LogP contribution >= 0.6 is 0 Å². The molecule has 1 amide bonds. The van der Waals surface area contributed by atoms with Gasteiger partial charge in [-0.1, -0.05) is 67.6 Å². The van der Waals surface area contributed by atoms with Gasteiger partial charge in [-0.15, -0.1) is 0 Å². The van der Waals surface area contributed by atoms with E-state index >= 15 is 0 Å². The monoisotopic (exact) mass is 577 g/mol. The molecule has 220 valence electrons. The minimum Gasteiger partial charge on any atom is -0.354 e. The summed E-state index contributed by atoms with van der Waals surface area (Å²) in [5.41, 5.74) is -0.962. The summed E-state index contributed by atoms with van der Waals surface area (Å²) in [6.07, 6.45) is -10.5. The van der Waals surface area contributed by atoms with Gasteiger partial charge in [-0.2, -0.15) is 26.3 Å². The maximum Gasteiger partial charge on any atom is 0.416 e. The zero-order valence-corrected chi connectivity index (χ0v) is 22.7. The second-order valence-electron chi connectivity index (χ2n) is 10.5. The zero-order chi connectivity index (χ0) is 29.6. The highest BCUT2D eigenvalue weighted by atomic mass is 19.4. The van der Waals surface area contributed by atoms with Crippen LogP contribution in [0.15, 0.2) is 78.9 Å². The van der Waals surface area contributed by atoms with Gasteiger partial charge in [0.15, 0.2) is 0 Å². The van der Waals surface area contributed by atoms with Crippen LogP contribution in [-0.2, 0) is 23.6 Å². The first-order valence-corrected chi connectivity index (χ1v) is 13.5. The van der Waals surface area contributed by atoms with Crippen LogP contribution in [0.3, 0.4) is 0 Å². The molecule has 0 aromatic heterocycles. The van der Waals surface area contributed by atoms with Crippen molar-refractivity contribution in [2.75, 3.05) is 39.3 Å². The quantitative estimate of drug-likeness (QED) is 0.293. The third kappa shape index (κ3) is 8.56. The summed E-state index contributed by atoms with van der Waals surface area (Å²) in [6, 6.07) is 20.9. The van der Waals surface area contributed by atoms with Crippen molar-refractivity contribution in [2.24, 2.45) is 0 Å². The molecule has 3 aromatic rings. The number of hydrogen-bond acceptors (Lipinski definition) is 3. The van der Waals surface area contributed by atoms with Gasteiger partial charge in [-0.3, -0.25) is 9.69 Å². The topological polar surface area (TPSA) is 35.6 Å². The van der Waals surface area contributed by atoms with Gasteiger partial charge in [-0.05, 0) is 40.8 Å². The summed E-state index contributed by atoms with van der Waals surface area (Å²) in [5.74, 6) is -0.269. The maximum atomic E-state index is 13.2. The number of hydrogen-bond donors (Lipinski definition) is 1. The molecule has 1 heterocycles. The first-order valence-electron chi connectivity index (χ1n) is 13.5. The molecule has 0 bridgehead atoms. The van der Waals surface area contributed by atoms with E-state index in [9.17, 15) is 31.1 Å². The van der Waals surface area contributed by atoms with E-state index in [1.807, 2.05) is 48.5 Å². The lowest BCUT2D eigenvalue weighted by Crippen LogP contribution is -2.50. The summed E-state index contributed by atoms with van der Waals surface area (Å²) < 4.78 is 79.4. The lowest BCUT2D eigenvalue weighted by atomic mass is 10.00. The molecule has 1 N–H and O–H groups in total. The molecule has 3 aromatic carbocycles. The second-order valence-corrected chi connectivity index (χ2v) is 10.5. The molecule has 4 rings (SSSR count). The largest absolute Gasteiger partial charge is 0.416 e. The van der Waals surface area contributed by atoms with Crippen LogP contribution in [0.25, 0.3) is 0 Å². The van der Waals surface area contributed by atoms with Crippen LogP contribution in [0.1, 0.15) is 46.7 Å². The van der Waals surface area contributed by atoms with Gasteiger partial charge in [0.2, 0.25) is 5.91 Å². The highest BCUT2D eigenvalue weighted by molar-refractivity contribution is 5.78. The summed E-state index contributed by atoms with van der Waals surface area (Å²) in [6.45, 7) is 6.46. The molecular formula is C31H33F6N3O. The lowest BCUT2D eigenvalue weighted by Gasteiger charge is -2.40. The van der Waals surface area contributed by atoms with Gasteiger partial charge >= 0.3 is 12.4 Å². The second kappa shape index (κ2) is 13.1. The molecule has 1 fully saturated rings. The van der Waals surface area contributed by atoms with Crippen molar-refractivity contribution in [2.45, 2.75) is 37.7 Å². The van der Waals surface area contributed by atoms with E-state index in [-0.39, 0.29) is 24.2 Å². The molecule has 2 atom stereocenters. The van der Waals surface area contributed by atoms with Gasteiger partial charge in [0, 0.05) is 39.3 Å². The Morgan fingerprint density at radius 1 is 0.780 bits per heavy atom.